The second-order valence-electron chi connectivity index (χ2n) is 6.66. The Bertz CT molecular complexity index is 505. The van der Waals surface area contributed by atoms with Crippen molar-refractivity contribution in [2.24, 2.45) is 5.92 Å². The molecule has 0 radical (unpaired) electrons. The molecule has 1 aromatic carbocycles. The van der Waals surface area contributed by atoms with Crippen LogP contribution in [-0.4, -0.2) is 17.5 Å². The van der Waals surface area contributed by atoms with E-state index in [9.17, 15) is 4.79 Å². The Morgan fingerprint density at radius 2 is 2.00 bits per heavy atom. The van der Waals surface area contributed by atoms with Crippen LogP contribution in [-0.2, 0) is 11.2 Å². The van der Waals surface area contributed by atoms with Crippen molar-refractivity contribution < 1.29 is 4.79 Å². The predicted molar refractivity (Wildman–Crippen MR) is 81.7 cm³/mol. The number of hydrogen-bond acceptors (Lipinski definition) is 2. The molecule has 0 spiro atoms. The first-order valence-corrected chi connectivity index (χ1v) is 7.74. The van der Waals surface area contributed by atoms with Crippen molar-refractivity contribution in [3.63, 3.8) is 0 Å². The van der Waals surface area contributed by atoms with Crippen molar-refractivity contribution in [3.8, 4) is 0 Å². The lowest BCUT2D eigenvalue weighted by Crippen LogP contribution is -2.51. The van der Waals surface area contributed by atoms with Crippen LogP contribution < -0.4 is 10.6 Å². The molecular formula is C17H24N2O. The molecule has 0 bridgehead atoms. The molecule has 20 heavy (non-hydrogen) atoms. The molecule has 1 saturated carbocycles. The minimum absolute atomic E-state index is 0.0216. The minimum Gasteiger partial charge on any atom is -0.382 e. The smallest absolute Gasteiger partial charge is 0.225 e. The van der Waals surface area contributed by atoms with Crippen LogP contribution in [0.3, 0.4) is 0 Å². The molecule has 2 unspecified atom stereocenters. The summed E-state index contributed by atoms with van der Waals surface area (Å²) in [5.74, 6) is 0.242. The molecule has 108 valence electrons. The van der Waals surface area contributed by atoms with Crippen LogP contribution in [0, 0.1) is 5.92 Å². The summed E-state index contributed by atoms with van der Waals surface area (Å²) in [6.07, 6.45) is 5.54. The van der Waals surface area contributed by atoms with E-state index in [1.54, 1.807) is 0 Å². The Morgan fingerprint density at radius 1 is 1.30 bits per heavy atom. The van der Waals surface area contributed by atoms with E-state index in [1.807, 2.05) is 12.1 Å². The Hall–Kier alpha value is -1.51. The number of anilines is 1. The first-order chi connectivity index (χ1) is 9.57. The lowest BCUT2D eigenvalue weighted by atomic mass is 9.86. The second kappa shape index (κ2) is 5.12. The number of hydrogen-bond donors (Lipinski definition) is 2. The number of carbonyl (C=O) groups excluding carboxylic acids is 1. The van der Waals surface area contributed by atoms with Crippen LogP contribution >= 0.6 is 0 Å². The summed E-state index contributed by atoms with van der Waals surface area (Å²) in [7, 11) is 0. The Balaban J connectivity index is 1.72. The van der Waals surface area contributed by atoms with Gasteiger partial charge in [-0.3, -0.25) is 4.79 Å². The van der Waals surface area contributed by atoms with Gasteiger partial charge in [0.05, 0.1) is 5.92 Å². The fraction of sp³-hybridized carbons (Fsp3) is 0.588. The molecule has 2 aliphatic rings. The predicted octanol–water partition coefficient (Wildman–Crippen LogP) is 3.11. The van der Waals surface area contributed by atoms with Crippen LogP contribution in [0.15, 0.2) is 24.3 Å². The quantitative estimate of drug-likeness (QED) is 0.868. The first kappa shape index (κ1) is 13.5. The highest BCUT2D eigenvalue weighted by Gasteiger charge is 2.36. The molecule has 1 amide bonds. The number of rotatable bonds is 2. The van der Waals surface area contributed by atoms with Gasteiger partial charge in [-0.15, -0.1) is 0 Å². The van der Waals surface area contributed by atoms with Gasteiger partial charge in [0, 0.05) is 17.3 Å². The van der Waals surface area contributed by atoms with Gasteiger partial charge in [0.1, 0.15) is 0 Å². The van der Waals surface area contributed by atoms with E-state index in [0.29, 0.717) is 0 Å². The van der Waals surface area contributed by atoms with Gasteiger partial charge < -0.3 is 10.6 Å². The van der Waals surface area contributed by atoms with E-state index in [-0.39, 0.29) is 23.4 Å². The zero-order valence-corrected chi connectivity index (χ0v) is 12.4. The lowest BCUT2D eigenvalue weighted by Gasteiger charge is -2.34. The highest BCUT2D eigenvalue weighted by atomic mass is 16.2. The molecule has 3 rings (SSSR count). The number of carbonyl (C=O) groups is 1. The molecule has 1 fully saturated rings. The number of amides is 1. The first-order valence-electron chi connectivity index (χ1n) is 7.74. The van der Waals surface area contributed by atoms with E-state index in [2.05, 4.69) is 36.6 Å². The summed E-state index contributed by atoms with van der Waals surface area (Å²) in [6.45, 7) is 4.30. The summed E-state index contributed by atoms with van der Waals surface area (Å²) < 4.78 is 0. The summed E-state index contributed by atoms with van der Waals surface area (Å²) in [6, 6.07) is 8.49. The van der Waals surface area contributed by atoms with Crippen molar-refractivity contribution >= 4 is 11.6 Å². The topological polar surface area (TPSA) is 41.1 Å². The van der Waals surface area contributed by atoms with Gasteiger partial charge in [-0.05, 0) is 44.7 Å². The molecule has 2 N–H and O–H groups in total. The fourth-order valence-electron chi connectivity index (χ4n) is 3.59. The standard InChI is InChI=1S/C17H24N2O/c1-12-14(11-13-7-3-4-8-15(13)18-12)16(20)19-17(2)9-5-6-10-17/h3-4,7-8,12,14,18H,5-6,9-11H2,1-2H3,(H,19,20). The third kappa shape index (κ3) is 2.54. The van der Waals surface area contributed by atoms with Gasteiger partial charge in [0.25, 0.3) is 0 Å². The molecule has 0 aromatic heterocycles. The van der Waals surface area contributed by atoms with Gasteiger partial charge >= 0.3 is 0 Å². The van der Waals surface area contributed by atoms with Crippen molar-refractivity contribution in [2.45, 2.75) is 57.5 Å². The van der Waals surface area contributed by atoms with E-state index in [0.717, 1.165) is 19.3 Å². The van der Waals surface area contributed by atoms with Crippen LogP contribution in [0.25, 0.3) is 0 Å². The zero-order valence-electron chi connectivity index (χ0n) is 12.4. The summed E-state index contributed by atoms with van der Waals surface area (Å²) >= 11 is 0. The lowest BCUT2D eigenvalue weighted by molar-refractivity contribution is -0.127. The van der Waals surface area contributed by atoms with Crippen LogP contribution in [0.2, 0.25) is 0 Å². The third-order valence-electron chi connectivity index (χ3n) is 4.91. The van der Waals surface area contributed by atoms with Crippen LogP contribution in [0.1, 0.15) is 45.1 Å². The molecule has 1 heterocycles. The SMILES string of the molecule is CC1Nc2ccccc2CC1C(=O)NC1(C)CCCC1. The highest BCUT2D eigenvalue weighted by molar-refractivity contribution is 5.82. The van der Waals surface area contributed by atoms with E-state index in [1.165, 1.54) is 24.1 Å². The largest absolute Gasteiger partial charge is 0.382 e. The summed E-state index contributed by atoms with van der Waals surface area (Å²) in [5, 5.41) is 6.77. The summed E-state index contributed by atoms with van der Waals surface area (Å²) in [5.41, 5.74) is 2.45. The third-order valence-corrected chi connectivity index (χ3v) is 4.91. The molecule has 2 atom stereocenters. The van der Waals surface area contributed by atoms with E-state index >= 15 is 0 Å². The second-order valence-corrected chi connectivity index (χ2v) is 6.66. The number of para-hydroxylation sites is 1. The molecule has 1 aliphatic heterocycles. The molecule has 1 aromatic rings. The van der Waals surface area contributed by atoms with Gasteiger partial charge in [0.15, 0.2) is 0 Å². The molecule has 3 heteroatoms. The van der Waals surface area contributed by atoms with E-state index < -0.39 is 0 Å². The average molecular weight is 272 g/mol. The minimum atomic E-state index is 0.0216. The molecule has 0 saturated heterocycles. The van der Waals surface area contributed by atoms with Gasteiger partial charge in [0.2, 0.25) is 5.91 Å². The van der Waals surface area contributed by atoms with Gasteiger partial charge in [-0.25, -0.2) is 0 Å². The Morgan fingerprint density at radius 3 is 2.75 bits per heavy atom. The van der Waals surface area contributed by atoms with Crippen LogP contribution in [0.5, 0.6) is 0 Å². The zero-order chi connectivity index (χ0) is 14.2. The van der Waals surface area contributed by atoms with Gasteiger partial charge in [-0.1, -0.05) is 31.0 Å². The summed E-state index contributed by atoms with van der Waals surface area (Å²) in [4.78, 5) is 12.6. The van der Waals surface area contributed by atoms with Gasteiger partial charge in [-0.2, -0.15) is 0 Å². The normalized spacial score (nSPS) is 27.5. The maximum Gasteiger partial charge on any atom is 0.225 e. The molecular weight excluding hydrogens is 248 g/mol. The van der Waals surface area contributed by atoms with E-state index in [4.69, 9.17) is 0 Å². The maximum absolute atomic E-state index is 12.6. The Kier molecular flexibility index (Phi) is 3.45. The highest BCUT2D eigenvalue weighted by Crippen LogP contribution is 2.32. The Labute approximate surface area is 121 Å². The number of fused-ring (bicyclic) bond motifs is 1. The van der Waals surface area contributed by atoms with Crippen molar-refractivity contribution in [1.82, 2.24) is 5.32 Å². The van der Waals surface area contributed by atoms with Crippen molar-refractivity contribution in [3.05, 3.63) is 29.8 Å². The van der Waals surface area contributed by atoms with Crippen molar-refractivity contribution in [2.75, 3.05) is 5.32 Å². The fourth-order valence-corrected chi connectivity index (χ4v) is 3.59. The molecule has 1 aliphatic carbocycles. The average Bonchev–Trinajstić information content (AvgIpc) is 2.84. The number of nitrogens with one attached hydrogen (secondary N) is 2. The maximum atomic E-state index is 12.6. The molecule has 3 nitrogen and oxygen atoms in total. The number of benzene rings is 1. The monoisotopic (exact) mass is 272 g/mol. The van der Waals surface area contributed by atoms with Crippen LogP contribution in [0.4, 0.5) is 5.69 Å². The van der Waals surface area contributed by atoms with Crippen molar-refractivity contribution in [1.29, 1.82) is 0 Å².